The normalized spacial score (nSPS) is 24.0. The summed E-state index contributed by atoms with van der Waals surface area (Å²) in [6, 6.07) is 5.78. The number of rotatable bonds is 10. The zero-order valence-electron chi connectivity index (χ0n) is 28.3. The highest BCUT2D eigenvalue weighted by Gasteiger charge is 2.34. The highest BCUT2D eigenvalue weighted by atomic mass is 33.1. The third-order valence-electron chi connectivity index (χ3n) is 7.79. The second-order valence-corrected chi connectivity index (χ2v) is 14.6. The van der Waals surface area contributed by atoms with Crippen molar-refractivity contribution in [1.82, 2.24) is 26.6 Å². The summed E-state index contributed by atoms with van der Waals surface area (Å²) < 4.78 is 0. The number of phenolic OH excluding ortho intramolecular Hbond substituents is 1. The van der Waals surface area contributed by atoms with E-state index in [1.54, 1.807) is 30.3 Å². The molecule has 1 saturated heterocycles. The van der Waals surface area contributed by atoms with Gasteiger partial charge in [0.15, 0.2) is 0 Å². The molecule has 286 valence electrons. The number of aromatic hydroxyl groups is 1. The maximum absolute atomic E-state index is 13.9. The molecule has 0 aliphatic carbocycles. The number of carboxylic acids is 1. The summed E-state index contributed by atoms with van der Waals surface area (Å²) in [6.07, 6.45) is -1.71. The fraction of sp³-hybridized carbons (Fsp3) is 0.394. The number of carboxylic acid groups (broad SMARTS) is 1. The largest absolute Gasteiger partial charge is 0.508 e. The van der Waals surface area contributed by atoms with Crippen molar-refractivity contribution in [1.29, 1.82) is 0 Å². The van der Waals surface area contributed by atoms with Crippen molar-refractivity contribution in [2.75, 3.05) is 11.5 Å². The van der Waals surface area contributed by atoms with Gasteiger partial charge in [0.1, 0.15) is 36.0 Å². The first-order chi connectivity index (χ1) is 25.1. The van der Waals surface area contributed by atoms with Gasteiger partial charge in [-0.2, -0.15) is 0 Å². The van der Waals surface area contributed by atoms with Crippen molar-refractivity contribution >= 4 is 68.9 Å². The van der Waals surface area contributed by atoms with E-state index in [0.29, 0.717) is 11.1 Å². The lowest BCUT2D eigenvalue weighted by Crippen LogP contribution is -2.60. The summed E-state index contributed by atoms with van der Waals surface area (Å²) in [6.45, 7) is 0. The first-order valence-corrected chi connectivity index (χ1v) is 18.7. The van der Waals surface area contributed by atoms with Crippen LogP contribution >= 0.6 is 21.6 Å². The van der Waals surface area contributed by atoms with E-state index in [4.69, 9.17) is 17.2 Å². The molecule has 1 fully saturated rings. The number of benzene rings is 2. The van der Waals surface area contributed by atoms with Crippen molar-refractivity contribution in [2.24, 2.45) is 17.2 Å². The lowest BCUT2D eigenvalue weighted by atomic mass is 10.0. The molecule has 0 aromatic heterocycles. The van der Waals surface area contributed by atoms with Gasteiger partial charge in [0.2, 0.25) is 41.4 Å². The predicted octanol–water partition coefficient (Wildman–Crippen LogP) is -2.45. The minimum Gasteiger partial charge on any atom is -0.508 e. The maximum atomic E-state index is 13.9. The van der Waals surface area contributed by atoms with Gasteiger partial charge >= 0.3 is 5.97 Å². The van der Waals surface area contributed by atoms with E-state index in [0.717, 1.165) is 21.6 Å². The van der Waals surface area contributed by atoms with Crippen LogP contribution in [0.4, 0.5) is 0 Å². The third kappa shape index (κ3) is 14.3. The average Bonchev–Trinajstić information content (AvgIpc) is 3.10. The Labute approximate surface area is 311 Å². The van der Waals surface area contributed by atoms with Crippen LogP contribution < -0.4 is 43.8 Å². The number of primary amides is 2. The Morgan fingerprint density at radius 2 is 1.13 bits per heavy atom. The second kappa shape index (κ2) is 20.6. The molecular weight excluding hydrogens is 733 g/mol. The molecule has 2 aromatic carbocycles. The van der Waals surface area contributed by atoms with Crippen LogP contribution in [0.1, 0.15) is 30.4 Å². The van der Waals surface area contributed by atoms with Gasteiger partial charge in [0.05, 0.1) is 12.5 Å². The van der Waals surface area contributed by atoms with Gasteiger partial charge in [-0.25, -0.2) is 4.79 Å². The number of aliphatic carboxylic acids is 1. The summed E-state index contributed by atoms with van der Waals surface area (Å²) >= 11 is 0. The molecule has 53 heavy (non-hydrogen) atoms. The first-order valence-electron chi connectivity index (χ1n) is 16.3. The molecule has 0 saturated carbocycles. The Morgan fingerprint density at radius 3 is 1.70 bits per heavy atom. The Kier molecular flexibility index (Phi) is 16.4. The Morgan fingerprint density at radius 1 is 0.642 bits per heavy atom. The van der Waals surface area contributed by atoms with E-state index in [1.165, 1.54) is 24.3 Å². The van der Waals surface area contributed by atoms with Gasteiger partial charge in [0, 0.05) is 30.8 Å². The molecule has 20 heteroatoms. The molecule has 7 amide bonds. The van der Waals surface area contributed by atoms with Gasteiger partial charge in [-0.05, 0) is 29.7 Å². The van der Waals surface area contributed by atoms with Gasteiger partial charge in [-0.3, -0.25) is 33.6 Å². The molecule has 2 aromatic rings. The Hall–Kier alpha value is -5.34. The lowest BCUT2D eigenvalue weighted by molar-refractivity contribution is -0.141. The van der Waals surface area contributed by atoms with Crippen molar-refractivity contribution in [3.05, 3.63) is 65.7 Å². The van der Waals surface area contributed by atoms with Gasteiger partial charge in [-0.15, -0.1) is 0 Å². The van der Waals surface area contributed by atoms with Crippen LogP contribution in [0.3, 0.4) is 0 Å². The molecule has 0 radical (unpaired) electrons. The Balaban J connectivity index is 2.05. The number of amides is 7. The van der Waals surface area contributed by atoms with Crippen molar-refractivity contribution in [3.63, 3.8) is 0 Å². The van der Waals surface area contributed by atoms with Crippen LogP contribution in [0, 0.1) is 0 Å². The van der Waals surface area contributed by atoms with Crippen LogP contribution in [-0.4, -0.2) is 105 Å². The van der Waals surface area contributed by atoms with Crippen LogP contribution in [0.15, 0.2) is 54.6 Å². The topological polar surface area (TPSA) is 315 Å². The number of carbonyl (C=O) groups excluding carboxylic acids is 7. The number of hydrogen-bond acceptors (Lipinski definition) is 12. The summed E-state index contributed by atoms with van der Waals surface area (Å²) in [7, 11) is 1.99. The smallest absolute Gasteiger partial charge is 0.327 e. The predicted molar refractivity (Wildman–Crippen MR) is 194 cm³/mol. The molecular formula is C33H42N8O10S2. The SMILES string of the molecule is NC(=O)CCC1NC(=O)C(Cc2ccccc2)NC(=O)[C@H](Cc2ccc(O)cc2)NC(=O)[C@@H](N)CSSC[C@@H](C(=O)O)NC(=O)[C@H](CC(N)=O)NC1=O. The van der Waals surface area contributed by atoms with Crippen LogP contribution in [-0.2, 0) is 51.2 Å². The summed E-state index contributed by atoms with van der Waals surface area (Å²) in [5, 5.41) is 31.8. The van der Waals surface area contributed by atoms with Crippen molar-refractivity contribution in [3.8, 4) is 5.75 Å². The second-order valence-electron chi connectivity index (χ2n) is 12.1. The third-order valence-corrected chi connectivity index (χ3v) is 10.2. The van der Waals surface area contributed by atoms with E-state index in [2.05, 4.69) is 26.6 Å². The van der Waals surface area contributed by atoms with Crippen LogP contribution in [0.2, 0.25) is 0 Å². The number of hydrogen-bond donors (Lipinski definition) is 10. The highest BCUT2D eigenvalue weighted by Crippen LogP contribution is 2.23. The fourth-order valence-electron chi connectivity index (χ4n) is 4.96. The number of nitrogens with two attached hydrogens (primary N) is 3. The fourth-order valence-corrected chi connectivity index (χ4v) is 7.24. The molecule has 3 rings (SSSR count). The lowest BCUT2D eigenvalue weighted by Gasteiger charge is -2.27. The highest BCUT2D eigenvalue weighted by molar-refractivity contribution is 8.76. The minimum absolute atomic E-state index is 0.0323. The molecule has 13 N–H and O–H groups in total. The molecule has 2 unspecified atom stereocenters. The van der Waals surface area contributed by atoms with Crippen LogP contribution in [0.5, 0.6) is 5.75 Å². The molecule has 1 aliphatic rings. The van der Waals surface area contributed by atoms with Gasteiger partial charge in [0.25, 0.3) is 0 Å². The zero-order chi connectivity index (χ0) is 39.1. The average molecular weight is 775 g/mol. The van der Waals surface area contributed by atoms with E-state index in [9.17, 15) is 48.6 Å². The summed E-state index contributed by atoms with van der Waals surface area (Å²) in [5.74, 6) is -8.16. The monoisotopic (exact) mass is 774 g/mol. The van der Waals surface area contributed by atoms with Gasteiger partial charge in [-0.1, -0.05) is 64.1 Å². The zero-order valence-corrected chi connectivity index (χ0v) is 30.0. The quantitative estimate of drug-likeness (QED) is 0.112. The van der Waals surface area contributed by atoms with E-state index in [1.807, 2.05) is 0 Å². The molecule has 1 heterocycles. The maximum Gasteiger partial charge on any atom is 0.327 e. The van der Waals surface area contributed by atoms with Crippen molar-refractivity contribution < 1.29 is 48.6 Å². The summed E-state index contributed by atoms with van der Waals surface area (Å²) in [4.78, 5) is 103. The van der Waals surface area contributed by atoms with Crippen LogP contribution in [0.25, 0.3) is 0 Å². The minimum atomic E-state index is -1.68. The van der Waals surface area contributed by atoms with Crippen molar-refractivity contribution in [2.45, 2.75) is 68.4 Å². The molecule has 1 aliphatic heterocycles. The van der Waals surface area contributed by atoms with E-state index in [-0.39, 0.29) is 36.5 Å². The molecule has 18 nitrogen and oxygen atoms in total. The number of phenols is 1. The standard InChI is InChI=1S/C33H42N8O10S2/c34-20-15-52-53-16-25(33(50)51)41-32(49)24(14-27(36)44)40-29(46)21(10-11-26(35)43)37-30(47)23(12-17-4-2-1-3-5-17)39-31(48)22(38-28(20)45)13-18-6-8-19(42)9-7-18/h1-9,20-25,42H,10-16,34H2,(H2,35,43)(H2,36,44)(H,37,47)(H,38,45)(H,39,48)(H,40,46)(H,41,49)(H,50,51)/t20-,21?,22-,23?,24-,25-/m0/s1. The molecule has 0 bridgehead atoms. The van der Waals surface area contributed by atoms with E-state index < -0.39 is 96.4 Å². The molecule has 0 spiro atoms. The molecule has 6 atom stereocenters. The van der Waals surface area contributed by atoms with E-state index >= 15 is 0 Å². The summed E-state index contributed by atoms with van der Waals surface area (Å²) in [5.41, 5.74) is 17.9. The number of nitrogens with one attached hydrogen (secondary N) is 5. The number of carbonyl (C=O) groups is 8. The Bertz CT molecular complexity index is 1650. The first kappa shape index (κ1) is 42.1. The van der Waals surface area contributed by atoms with Gasteiger partial charge < -0.3 is 54.0 Å².